The lowest BCUT2D eigenvalue weighted by Crippen LogP contribution is -2.21. The summed E-state index contributed by atoms with van der Waals surface area (Å²) in [7, 11) is 0. The summed E-state index contributed by atoms with van der Waals surface area (Å²) in [4.78, 5) is 16.2. The SMILES string of the molecule is Cc1nc2cc(NC(=O)CNc3ccccc3)ccc2o1. The number of hydrogen-bond acceptors (Lipinski definition) is 4. The molecule has 1 heterocycles. The molecule has 106 valence electrons. The molecule has 0 saturated carbocycles. The van der Waals surface area contributed by atoms with E-state index >= 15 is 0 Å². The molecular formula is C16H15N3O2. The van der Waals surface area contributed by atoms with Crippen molar-refractivity contribution in [2.45, 2.75) is 6.92 Å². The van der Waals surface area contributed by atoms with Gasteiger partial charge in [-0.05, 0) is 30.3 Å². The van der Waals surface area contributed by atoms with Gasteiger partial charge in [0.05, 0.1) is 6.54 Å². The van der Waals surface area contributed by atoms with E-state index in [1.54, 1.807) is 25.1 Å². The van der Waals surface area contributed by atoms with E-state index in [-0.39, 0.29) is 12.5 Å². The second kappa shape index (κ2) is 5.66. The van der Waals surface area contributed by atoms with Crippen LogP contribution in [0.15, 0.2) is 52.9 Å². The van der Waals surface area contributed by atoms with Gasteiger partial charge < -0.3 is 15.1 Å². The molecule has 5 heteroatoms. The highest BCUT2D eigenvalue weighted by atomic mass is 16.3. The summed E-state index contributed by atoms with van der Waals surface area (Å²) < 4.78 is 5.40. The fraction of sp³-hybridized carbons (Fsp3) is 0.125. The Bertz CT molecular complexity index is 766. The second-order valence-corrected chi connectivity index (χ2v) is 4.68. The third kappa shape index (κ3) is 3.20. The first kappa shape index (κ1) is 13.2. The Morgan fingerprint density at radius 1 is 1.14 bits per heavy atom. The fourth-order valence-corrected chi connectivity index (χ4v) is 2.06. The number of nitrogens with one attached hydrogen (secondary N) is 2. The van der Waals surface area contributed by atoms with Crippen LogP contribution < -0.4 is 10.6 Å². The Morgan fingerprint density at radius 3 is 2.76 bits per heavy atom. The Hall–Kier alpha value is -2.82. The van der Waals surface area contributed by atoms with E-state index in [1.165, 1.54) is 0 Å². The Labute approximate surface area is 122 Å². The fourth-order valence-electron chi connectivity index (χ4n) is 2.06. The third-order valence-corrected chi connectivity index (χ3v) is 3.01. The Balaban J connectivity index is 1.63. The number of aromatic nitrogens is 1. The molecule has 3 aromatic rings. The van der Waals surface area contributed by atoms with Crippen LogP contribution >= 0.6 is 0 Å². The van der Waals surface area contributed by atoms with Crippen LogP contribution in [-0.4, -0.2) is 17.4 Å². The number of amides is 1. The van der Waals surface area contributed by atoms with E-state index in [9.17, 15) is 4.79 Å². The molecule has 0 saturated heterocycles. The zero-order valence-electron chi connectivity index (χ0n) is 11.6. The van der Waals surface area contributed by atoms with Gasteiger partial charge in [-0.25, -0.2) is 4.98 Å². The summed E-state index contributed by atoms with van der Waals surface area (Å²) in [6, 6.07) is 15.0. The molecule has 1 amide bonds. The van der Waals surface area contributed by atoms with Crippen molar-refractivity contribution in [2.24, 2.45) is 0 Å². The summed E-state index contributed by atoms with van der Waals surface area (Å²) in [5.74, 6) is 0.498. The topological polar surface area (TPSA) is 67.2 Å². The summed E-state index contributed by atoms with van der Waals surface area (Å²) in [5.41, 5.74) is 3.07. The quantitative estimate of drug-likeness (QED) is 0.770. The number of para-hydroxylation sites is 1. The lowest BCUT2D eigenvalue weighted by molar-refractivity contribution is -0.114. The van der Waals surface area contributed by atoms with E-state index < -0.39 is 0 Å². The third-order valence-electron chi connectivity index (χ3n) is 3.01. The van der Waals surface area contributed by atoms with Gasteiger partial charge in [0.2, 0.25) is 5.91 Å². The van der Waals surface area contributed by atoms with Crippen molar-refractivity contribution >= 4 is 28.4 Å². The highest BCUT2D eigenvalue weighted by Gasteiger charge is 2.06. The second-order valence-electron chi connectivity index (χ2n) is 4.68. The molecule has 2 aromatic carbocycles. The number of carbonyl (C=O) groups excluding carboxylic acids is 1. The zero-order chi connectivity index (χ0) is 14.7. The first-order chi connectivity index (χ1) is 10.2. The van der Waals surface area contributed by atoms with E-state index in [0.717, 1.165) is 11.2 Å². The van der Waals surface area contributed by atoms with Crippen LogP contribution in [-0.2, 0) is 4.79 Å². The molecule has 0 bridgehead atoms. The van der Waals surface area contributed by atoms with Gasteiger partial charge in [-0.1, -0.05) is 18.2 Å². The smallest absolute Gasteiger partial charge is 0.243 e. The molecule has 1 aromatic heterocycles. The molecule has 3 rings (SSSR count). The van der Waals surface area contributed by atoms with Crippen molar-refractivity contribution in [3.8, 4) is 0 Å². The number of anilines is 2. The largest absolute Gasteiger partial charge is 0.441 e. The van der Waals surface area contributed by atoms with Crippen molar-refractivity contribution in [3.05, 3.63) is 54.4 Å². The lowest BCUT2D eigenvalue weighted by atomic mass is 10.3. The molecule has 2 N–H and O–H groups in total. The Kier molecular flexibility index (Phi) is 3.55. The summed E-state index contributed by atoms with van der Waals surface area (Å²) in [6.07, 6.45) is 0. The molecule has 0 aliphatic heterocycles. The minimum atomic E-state index is -0.113. The van der Waals surface area contributed by atoms with Gasteiger partial charge in [0.1, 0.15) is 5.52 Å². The van der Waals surface area contributed by atoms with E-state index in [4.69, 9.17) is 4.42 Å². The predicted octanol–water partition coefficient (Wildman–Crippen LogP) is 3.19. The van der Waals surface area contributed by atoms with Crippen LogP contribution in [0.5, 0.6) is 0 Å². The monoisotopic (exact) mass is 281 g/mol. The highest BCUT2D eigenvalue weighted by molar-refractivity contribution is 5.95. The lowest BCUT2D eigenvalue weighted by Gasteiger charge is -2.07. The number of fused-ring (bicyclic) bond motifs is 1. The summed E-state index contributed by atoms with van der Waals surface area (Å²) in [5, 5.41) is 5.89. The van der Waals surface area contributed by atoms with Gasteiger partial charge in [-0.15, -0.1) is 0 Å². The molecule has 0 spiro atoms. The summed E-state index contributed by atoms with van der Waals surface area (Å²) in [6.45, 7) is 2.00. The van der Waals surface area contributed by atoms with Gasteiger partial charge in [0.25, 0.3) is 0 Å². The van der Waals surface area contributed by atoms with Gasteiger partial charge in [-0.3, -0.25) is 4.79 Å². The number of hydrogen-bond donors (Lipinski definition) is 2. The van der Waals surface area contributed by atoms with Crippen LogP contribution in [0, 0.1) is 6.92 Å². The number of carbonyl (C=O) groups is 1. The van der Waals surface area contributed by atoms with Crippen molar-refractivity contribution in [2.75, 3.05) is 17.2 Å². The molecule has 0 radical (unpaired) electrons. The summed E-state index contributed by atoms with van der Waals surface area (Å²) >= 11 is 0. The van der Waals surface area contributed by atoms with Crippen LogP contribution in [0.2, 0.25) is 0 Å². The van der Waals surface area contributed by atoms with Gasteiger partial charge in [0.15, 0.2) is 11.5 Å². The van der Waals surface area contributed by atoms with E-state index in [1.807, 2.05) is 30.3 Å². The Morgan fingerprint density at radius 2 is 1.95 bits per heavy atom. The standard InChI is InChI=1S/C16H15N3O2/c1-11-18-14-9-13(7-8-15(14)21-11)19-16(20)10-17-12-5-3-2-4-6-12/h2-9,17H,10H2,1H3,(H,19,20). The molecule has 0 unspecified atom stereocenters. The van der Waals surface area contributed by atoms with E-state index in [2.05, 4.69) is 15.6 Å². The number of nitrogens with zero attached hydrogens (tertiary/aromatic N) is 1. The number of oxazole rings is 1. The molecule has 0 fully saturated rings. The van der Waals surface area contributed by atoms with Gasteiger partial charge in [-0.2, -0.15) is 0 Å². The maximum atomic E-state index is 11.9. The molecule has 21 heavy (non-hydrogen) atoms. The molecular weight excluding hydrogens is 266 g/mol. The molecule has 0 aliphatic rings. The first-order valence-corrected chi connectivity index (χ1v) is 6.67. The normalized spacial score (nSPS) is 10.5. The van der Waals surface area contributed by atoms with E-state index in [0.29, 0.717) is 17.2 Å². The average Bonchev–Trinajstić information content (AvgIpc) is 2.85. The minimum absolute atomic E-state index is 0.113. The number of benzene rings is 2. The van der Waals surface area contributed by atoms with Crippen LogP contribution in [0.1, 0.15) is 5.89 Å². The minimum Gasteiger partial charge on any atom is -0.441 e. The zero-order valence-corrected chi connectivity index (χ0v) is 11.6. The van der Waals surface area contributed by atoms with Crippen molar-refractivity contribution in [1.82, 2.24) is 4.98 Å². The van der Waals surface area contributed by atoms with Crippen molar-refractivity contribution < 1.29 is 9.21 Å². The van der Waals surface area contributed by atoms with Crippen LogP contribution in [0.4, 0.5) is 11.4 Å². The maximum Gasteiger partial charge on any atom is 0.243 e. The first-order valence-electron chi connectivity index (χ1n) is 6.67. The maximum absolute atomic E-state index is 11.9. The number of rotatable bonds is 4. The van der Waals surface area contributed by atoms with Crippen LogP contribution in [0.3, 0.4) is 0 Å². The van der Waals surface area contributed by atoms with Crippen LogP contribution in [0.25, 0.3) is 11.1 Å². The van der Waals surface area contributed by atoms with Crippen molar-refractivity contribution in [1.29, 1.82) is 0 Å². The molecule has 0 aliphatic carbocycles. The van der Waals surface area contributed by atoms with Gasteiger partial charge >= 0.3 is 0 Å². The predicted molar refractivity (Wildman–Crippen MR) is 82.3 cm³/mol. The highest BCUT2D eigenvalue weighted by Crippen LogP contribution is 2.19. The molecule has 5 nitrogen and oxygen atoms in total. The average molecular weight is 281 g/mol. The number of aryl methyl sites for hydroxylation is 1. The van der Waals surface area contributed by atoms with Gasteiger partial charge in [0, 0.05) is 18.3 Å². The molecule has 0 atom stereocenters. The van der Waals surface area contributed by atoms with Crippen molar-refractivity contribution in [3.63, 3.8) is 0 Å².